The summed E-state index contributed by atoms with van der Waals surface area (Å²) in [5, 5.41) is 12.1. The summed E-state index contributed by atoms with van der Waals surface area (Å²) in [7, 11) is 0. The second kappa shape index (κ2) is 7.78. The summed E-state index contributed by atoms with van der Waals surface area (Å²) in [4.78, 5) is 40.2. The van der Waals surface area contributed by atoms with Gasteiger partial charge in [-0.3, -0.25) is 19.0 Å². The number of nitriles is 1. The van der Waals surface area contributed by atoms with E-state index in [4.69, 9.17) is 4.74 Å². The topological polar surface area (TPSA) is 114 Å². The molecule has 0 saturated carbocycles. The second-order valence-electron chi connectivity index (χ2n) is 6.37. The summed E-state index contributed by atoms with van der Waals surface area (Å²) in [5.41, 5.74) is -0.886. The molecule has 0 saturated heterocycles. The molecule has 1 amide bonds. The zero-order valence-electron chi connectivity index (χ0n) is 14.9. The summed E-state index contributed by atoms with van der Waals surface area (Å²) in [5.74, 6) is -1.45. The molecule has 2 rings (SSSR count). The quantitative estimate of drug-likeness (QED) is 0.772. The molecule has 1 heterocycles. The SMILES string of the molecule is CC(C)[C@](C)(C#N)NC(=O)COC(=O)Cn1cnc2ccccc2c1=O. The van der Waals surface area contributed by atoms with E-state index < -0.39 is 24.0 Å². The lowest BCUT2D eigenvalue weighted by molar-refractivity contribution is -0.149. The van der Waals surface area contributed by atoms with Gasteiger partial charge < -0.3 is 10.1 Å². The number of hydrogen-bond donors (Lipinski definition) is 1. The van der Waals surface area contributed by atoms with E-state index in [1.54, 1.807) is 45.0 Å². The van der Waals surface area contributed by atoms with Gasteiger partial charge in [0.25, 0.3) is 11.5 Å². The average Bonchev–Trinajstić information content (AvgIpc) is 2.62. The van der Waals surface area contributed by atoms with E-state index in [0.29, 0.717) is 10.9 Å². The van der Waals surface area contributed by atoms with E-state index in [9.17, 15) is 19.6 Å². The smallest absolute Gasteiger partial charge is 0.326 e. The van der Waals surface area contributed by atoms with Crippen LogP contribution < -0.4 is 10.9 Å². The summed E-state index contributed by atoms with van der Waals surface area (Å²) >= 11 is 0. The summed E-state index contributed by atoms with van der Waals surface area (Å²) in [6.07, 6.45) is 1.26. The number of esters is 1. The van der Waals surface area contributed by atoms with Crippen LogP contribution in [0.4, 0.5) is 0 Å². The maximum absolute atomic E-state index is 12.3. The number of nitrogens with zero attached hydrogens (tertiary/aromatic N) is 3. The molecular weight excluding hydrogens is 336 g/mol. The van der Waals surface area contributed by atoms with Gasteiger partial charge in [-0.05, 0) is 25.0 Å². The zero-order valence-corrected chi connectivity index (χ0v) is 14.9. The molecule has 1 atom stereocenters. The van der Waals surface area contributed by atoms with Crippen LogP contribution in [-0.4, -0.2) is 33.6 Å². The Morgan fingerprint density at radius 3 is 2.73 bits per heavy atom. The number of fused-ring (bicyclic) bond motifs is 1. The Bertz CT molecular complexity index is 929. The number of rotatable bonds is 6. The minimum Gasteiger partial charge on any atom is -0.454 e. The predicted octanol–water partition coefficient (Wildman–Crippen LogP) is 0.994. The van der Waals surface area contributed by atoms with Gasteiger partial charge in [0.1, 0.15) is 12.1 Å². The van der Waals surface area contributed by atoms with Gasteiger partial charge in [0.05, 0.1) is 23.3 Å². The highest BCUT2D eigenvalue weighted by Gasteiger charge is 2.30. The lowest BCUT2D eigenvalue weighted by Gasteiger charge is -2.27. The van der Waals surface area contributed by atoms with Crippen molar-refractivity contribution in [1.82, 2.24) is 14.9 Å². The first-order valence-corrected chi connectivity index (χ1v) is 8.09. The van der Waals surface area contributed by atoms with Gasteiger partial charge in [-0.1, -0.05) is 26.0 Å². The molecule has 8 nitrogen and oxygen atoms in total. The highest BCUT2D eigenvalue weighted by Crippen LogP contribution is 2.14. The number of ether oxygens (including phenoxy) is 1. The standard InChI is InChI=1S/C18H20N4O4/c1-12(2)18(3,10-19)21-15(23)9-26-16(24)8-22-11-20-14-7-5-4-6-13(14)17(22)25/h4-7,11-12H,8-9H2,1-3H3,(H,21,23)/t18-/m0/s1. The summed E-state index contributed by atoms with van der Waals surface area (Å²) < 4.78 is 6.02. The fraction of sp³-hybridized carbons (Fsp3) is 0.389. The van der Waals surface area contributed by atoms with Crippen LogP contribution in [0.5, 0.6) is 0 Å². The Kier molecular flexibility index (Phi) is 5.72. The van der Waals surface area contributed by atoms with Crippen LogP contribution in [0.3, 0.4) is 0 Å². The molecule has 136 valence electrons. The number of amides is 1. The molecule has 0 aliphatic heterocycles. The average molecular weight is 356 g/mol. The van der Waals surface area contributed by atoms with Gasteiger partial charge in [-0.25, -0.2) is 4.98 Å². The van der Waals surface area contributed by atoms with Crippen molar-refractivity contribution in [3.8, 4) is 6.07 Å². The molecule has 1 N–H and O–H groups in total. The molecule has 0 spiro atoms. The van der Waals surface area contributed by atoms with Crippen LogP contribution in [-0.2, 0) is 20.9 Å². The second-order valence-corrected chi connectivity index (χ2v) is 6.37. The normalized spacial score (nSPS) is 13.0. The number of aromatic nitrogens is 2. The predicted molar refractivity (Wildman–Crippen MR) is 94.0 cm³/mol. The van der Waals surface area contributed by atoms with E-state index in [1.807, 2.05) is 6.07 Å². The van der Waals surface area contributed by atoms with Crippen molar-refractivity contribution in [3.63, 3.8) is 0 Å². The number of benzene rings is 1. The van der Waals surface area contributed by atoms with Gasteiger partial charge in [0, 0.05) is 0 Å². The number of hydrogen-bond acceptors (Lipinski definition) is 6. The molecule has 0 aliphatic carbocycles. The van der Waals surface area contributed by atoms with Gasteiger partial charge >= 0.3 is 5.97 Å². The molecular formula is C18H20N4O4. The van der Waals surface area contributed by atoms with E-state index in [-0.39, 0.29) is 18.0 Å². The lowest BCUT2D eigenvalue weighted by Crippen LogP contribution is -2.50. The monoisotopic (exact) mass is 356 g/mol. The fourth-order valence-electron chi connectivity index (χ4n) is 2.18. The Hall–Kier alpha value is -3.21. The molecule has 2 aromatic rings. The Balaban J connectivity index is 1.98. The van der Waals surface area contributed by atoms with Crippen molar-refractivity contribution in [2.45, 2.75) is 32.9 Å². The molecule has 1 aromatic heterocycles. The first kappa shape index (κ1) is 19.1. The zero-order chi connectivity index (χ0) is 19.3. The van der Waals surface area contributed by atoms with Crippen molar-refractivity contribution in [2.24, 2.45) is 5.92 Å². The maximum Gasteiger partial charge on any atom is 0.326 e. The van der Waals surface area contributed by atoms with E-state index in [0.717, 1.165) is 4.57 Å². The lowest BCUT2D eigenvalue weighted by atomic mass is 9.90. The van der Waals surface area contributed by atoms with Crippen molar-refractivity contribution >= 4 is 22.8 Å². The molecule has 0 radical (unpaired) electrons. The molecule has 0 fully saturated rings. The van der Waals surface area contributed by atoms with Crippen LogP contribution in [0.25, 0.3) is 10.9 Å². The third-order valence-corrected chi connectivity index (χ3v) is 4.18. The number of carbonyl (C=O) groups is 2. The molecule has 0 unspecified atom stereocenters. The van der Waals surface area contributed by atoms with Gasteiger partial charge in [-0.15, -0.1) is 0 Å². The van der Waals surface area contributed by atoms with Crippen LogP contribution in [0.1, 0.15) is 20.8 Å². The molecule has 26 heavy (non-hydrogen) atoms. The van der Waals surface area contributed by atoms with Gasteiger partial charge in [-0.2, -0.15) is 5.26 Å². The molecule has 0 aliphatic rings. The van der Waals surface area contributed by atoms with Crippen molar-refractivity contribution in [2.75, 3.05) is 6.61 Å². The number of nitrogens with one attached hydrogen (secondary N) is 1. The van der Waals surface area contributed by atoms with Crippen molar-refractivity contribution in [3.05, 3.63) is 40.9 Å². The molecule has 0 bridgehead atoms. The van der Waals surface area contributed by atoms with Gasteiger partial charge in [0.2, 0.25) is 0 Å². The Labute approximate surface area is 150 Å². The Morgan fingerprint density at radius 2 is 2.08 bits per heavy atom. The minimum absolute atomic E-state index is 0.116. The highest BCUT2D eigenvalue weighted by molar-refractivity contribution is 5.81. The largest absolute Gasteiger partial charge is 0.454 e. The fourth-order valence-corrected chi connectivity index (χ4v) is 2.18. The van der Waals surface area contributed by atoms with E-state index in [2.05, 4.69) is 10.3 Å². The van der Waals surface area contributed by atoms with E-state index in [1.165, 1.54) is 6.33 Å². The maximum atomic E-state index is 12.3. The van der Waals surface area contributed by atoms with Crippen LogP contribution >= 0.6 is 0 Å². The minimum atomic E-state index is -1.05. The third-order valence-electron chi connectivity index (χ3n) is 4.18. The van der Waals surface area contributed by atoms with Crippen LogP contribution in [0.2, 0.25) is 0 Å². The highest BCUT2D eigenvalue weighted by atomic mass is 16.5. The summed E-state index contributed by atoms with van der Waals surface area (Å²) in [6.45, 7) is 4.31. The number of para-hydroxylation sites is 1. The first-order valence-electron chi connectivity index (χ1n) is 8.09. The van der Waals surface area contributed by atoms with Crippen molar-refractivity contribution < 1.29 is 14.3 Å². The van der Waals surface area contributed by atoms with Gasteiger partial charge in [0.15, 0.2) is 6.61 Å². The number of carbonyl (C=O) groups excluding carboxylic acids is 2. The third kappa shape index (κ3) is 4.25. The first-order chi connectivity index (χ1) is 12.3. The van der Waals surface area contributed by atoms with E-state index >= 15 is 0 Å². The van der Waals surface area contributed by atoms with Crippen molar-refractivity contribution in [1.29, 1.82) is 5.26 Å². The Morgan fingerprint density at radius 1 is 1.38 bits per heavy atom. The van der Waals surface area contributed by atoms with Crippen LogP contribution in [0.15, 0.2) is 35.4 Å². The summed E-state index contributed by atoms with van der Waals surface area (Å²) in [6, 6.07) is 8.82. The molecule has 8 heteroatoms. The van der Waals surface area contributed by atoms with Crippen LogP contribution in [0, 0.1) is 17.2 Å². The molecule has 1 aromatic carbocycles.